The Hall–Kier alpha value is -3.43. The van der Waals surface area contributed by atoms with Gasteiger partial charge in [-0.1, -0.05) is 50.2 Å². The molecule has 0 aromatic heterocycles. The van der Waals surface area contributed by atoms with Crippen molar-refractivity contribution in [1.82, 2.24) is 5.48 Å². The van der Waals surface area contributed by atoms with Crippen LogP contribution in [0.4, 0.5) is 11.4 Å². The molecular weight excluding hydrogens is 418 g/mol. The Morgan fingerprint density at radius 2 is 1.81 bits per heavy atom. The summed E-state index contributed by atoms with van der Waals surface area (Å²) in [4.78, 5) is 24.8. The molecule has 0 saturated carbocycles. The lowest BCUT2D eigenvalue weighted by Crippen LogP contribution is -2.53. The Bertz CT molecular complexity index is 1300. The van der Waals surface area contributed by atoms with E-state index >= 15 is 0 Å². The van der Waals surface area contributed by atoms with Gasteiger partial charge in [-0.25, -0.2) is 13.9 Å². The van der Waals surface area contributed by atoms with Crippen LogP contribution in [0.1, 0.15) is 24.2 Å². The second-order valence-electron chi connectivity index (χ2n) is 7.63. The molecule has 8 nitrogen and oxygen atoms in total. The van der Waals surface area contributed by atoms with E-state index in [1.165, 1.54) is 29.7 Å². The van der Waals surface area contributed by atoms with Gasteiger partial charge < -0.3 is 5.32 Å². The number of benzene rings is 3. The maximum absolute atomic E-state index is 13.9. The van der Waals surface area contributed by atoms with Crippen molar-refractivity contribution in [3.8, 4) is 0 Å². The summed E-state index contributed by atoms with van der Waals surface area (Å²) in [6, 6.07) is 15.4. The topological polar surface area (TPSA) is 116 Å². The first-order valence-electron chi connectivity index (χ1n) is 9.67. The quantitative estimate of drug-likeness (QED) is 0.427. The maximum Gasteiger partial charge on any atom is 0.274 e. The summed E-state index contributed by atoms with van der Waals surface area (Å²) in [6.45, 7) is 3.54. The van der Waals surface area contributed by atoms with Crippen LogP contribution in [0.3, 0.4) is 0 Å². The summed E-state index contributed by atoms with van der Waals surface area (Å²) < 4.78 is 29.0. The van der Waals surface area contributed by atoms with Crippen LogP contribution in [0.5, 0.6) is 0 Å². The van der Waals surface area contributed by atoms with E-state index in [9.17, 15) is 18.0 Å². The fraction of sp³-hybridized carbons (Fsp3) is 0.182. The van der Waals surface area contributed by atoms with Crippen LogP contribution in [-0.2, 0) is 14.8 Å². The molecule has 160 valence electrons. The lowest BCUT2D eigenvalue weighted by Gasteiger charge is -2.39. The third-order valence-corrected chi connectivity index (χ3v) is 7.15. The lowest BCUT2D eigenvalue weighted by molar-refractivity contribution is -0.118. The lowest BCUT2D eigenvalue weighted by atomic mass is 9.99. The summed E-state index contributed by atoms with van der Waals surface area (Å²) in [7, 11) is -4.15. The van der Waals surface area contributed by atoms with Gasteiger partial charge in [-0.2, -0.15) is 0 Å². The van der Waals surface area contributed by atoms with Gasteiger partial charge in [0.05, 0.1) is 16.3 Å². The Morgan fingerprint density at radius 1 is 1.10 bits per heavy atom. The van der Waals surface area contributed by atoms with Crippen LogP contribution in [0.2, 0.25) is 0 Å². The zero-order valence-corrected chi connectivity index (χ0v) is 17.7. The van der Waals surface area contributed by atoms with Gasteiger partial charge in [0.15, 0.2) is 0 Å². The fourth-order valence-corrected chi connectivity index (χ4v) is 5.86. The minimum atomic E-state index is -4.15. The third kappa shape index (κ3) is 3.41. The average molecular weight is 439 g/mol. The molecule has 0 bridgehead atoms. The Morgan fingerprint density at radius 3 is 2.52 bits per heavy atom. The standard InChI is InChI=1S/C22H21N3O5S/c1-13(2)20-22(27)23-17-12-15(21(26)24-28)10-11-18(17)25(20)31(29,30)19-9-5-7-14-6-3-4-8-16(14)19/h3-13,20,28H,1-2H3,(H,23,27)(H,24,26). The second-order valence-corrected chi connectivity index (χ2v) is 9.41. The van der Waals surface area contributed by atoms with E-state index in [2.05, 4.69) is 5.32 Å². The van der Waals surface area contributed by atoms with Gasteiger partial charge in [0.2, 0.25) is 5.91 Å². The second kappa shape index (κ2) is 7.68. The van der Waals surface area contributed by atoms with Crippen molar-refractivity contribution in [2.24, 2.45) is 5.92 Å². The van der Waals surface area contributed by atoms with Gasteiger partial charge in [-0.05, 0) is 35.6 Å². The van der Waals surface area contributed by atoms with Crippen LogP contribution in [0.25, 0.3) is 10.8 Å². The van der Waals surface area contributed by atoms with Crippen LogP contribution in [-0.4, -0.2) is 31.5 Å². The predicted molar refractivity (Wildman–Crippen MR) is 117 cm³/mol. The van der Waals surface area contributed by atoms with Crippen LogP contribution in [0.15, 0.2) is 65.6 Å². The summed E-state index contributed by atoms with van der Waals surface area (Å²) in [5.41, 5.74) is 2.03. The van der Waals surface area contributed by atoms with E-state index in [4.69, 9.17) is 5.21 Å². The molecule has 0 aliphatic carbocycles. The first kappa shape index (κ1) is 20.8. The number of carbonyl (C=O) groups is 2. The molecule has 2 amide bonds. The maximum atomic E-state index is 13.9. The monoisotopic (exact) mass is 439 g/mol. The van der Waals surface area contributed by atoms with Gasteiger partial charge in [0.1, 0.15) is 6.04 Å². The molecule has 1 aliphatic heterocycles. The van der Waals surface area contributed by atoms with Gasteiger partial charge in [0.25, 0.3) is 15.9 Å². The normalized spacial score (nSPS) is 16.2. The summed E-state index contributed by atoms with van der Waals surface area (Å²) in [6.07, 6.45) is 0. The van der Waals surface area contributed by atoms with Gasteiger partial charge in [0, 0.05) is 10.9 Å². The number of anilines is 2. The van der Waals surface area contributed by atoms with Gasteiger partial charge in [-0.3, -0.25) is 19.1 Å². The van der Waals surface area contributed by atoms with Crippen molar-refractivity contribution in [3.63, 3.8) is 0 Å². The van der Waals surface area contributed by atoms with Crippen molar-refractivity contribution >= 4 is 44.0 Å². The summed E-state index contributed by atoms with van der Waals surface area (Å²) in [5.74, 6) is -1.59. The molecule has 9 heteroatoms. The van der Waals surface area contributed by atoms with E-state index < -0.39 is 27.9 Å². The highest BCUT2D eigenvalue weighted by molar-refractivity contribution is 7.93. The molecule has 0 spiro atoms. The summed E-state index contributed by atoms with van der Waals surface area (Å²) in [5, 5.41) is 12.9. The number of amides is 2. The molecule has 3 N–H and O–H groups in total. The molecule has 1 aliphatic rings. The number of fused-ring (bicyclic) bond motifs is 2. The Kier molecular flexibility index (Phi) is 5.16. The molecule has 31 heavy (non-hydrogen) atoms. The number of rotatable bonds is 4. The molecule has 0 saturated heterocycles. The molecule has 1 atom stereocenters. The highest BCUT2D eigenvalue weighted by Crippen LogP contribution is 2.40. The zero-order valence-electron chi connectivity index (χ0n) is 16.9. The Labute approximate surface area is 179 Å². The minimum absolute atomic E-state index is 0.0760. The molecule has 0 fully saturated rings. The molecule has 4 rings (SSSR count). The summed E-state index contributed by atoms with van der Waals surface area (Å²) >= 11 is 0. The molecule has 1 heterocycles. The number of hydrogen-bond acceptors (Lipinski definition) is 5. The zero-order chi connectivity index (χ0) is 22.3. The molecule has 0 radical (unpaired) electrons. The van der Waals surface area contributed by atoms with Crippen LogP contribution >= 0.6 is 0 Å². The minimum Gasteiger partial charge on any atom is -0.322 e. The van der Waals surface area contributed by atoms with Crippen molar-refractivity contribution in [3.05, 3.63) is 66.2 Å². The molecule has 3 aromatic carbocycles. The molecule has 3 aromatic rings. The average Bonchev–Trinajstić information content (AvgIpc) is 2.76. The first-order chi connectivity index (χ1) is 14.8. The van der Waals surface area contributed by atoms with Crippen molar-refractivity contribution in [2.75, 3.05) is 9.62 Å². The Balaban J connectivity index is 1.96. The van der Waals surface area contributed by atoms with Gasteiger partial charge >= 0.3 is 0 Å². The van der Waals surface area contributed by atoms with E-state index in [0.717, 1.165) is 9.69 Å². The molecule has 1 unspecified atom stereocenters. The van der Waals surface area contributed by atoms with Crippen LogP contribution in [0, 0.1) is 5.92 Å². The smallest absolute Gasteiger partial charge is 0.274 e. The molecular formula is C22H21N3O5S. The number of nitrogens with zero attached hydrogens (tertiary/aromatic N) is 1. The van der Waals surface area contributed by atoms with E-state index in [-0.39, 0.29) is 27.8 Å². The largest absolute Gasteiger partial charge is 0.322 e. The van der Waals surface area contributed by atoms with Crippen molar-refractivity contribution in [1.29, 1.82) is 0 Å². The number of carbonyl (C=O) groups excluding carboxylic acids is 2. The number of sulfonamides is 1. The number of hydroxylamine groups is 1. The van der Waals surface area contributed by atoms with E-state index in [1.807, 2.05) is 18.2 Å². The van der Waals surface area contributed by atoms with Crippen molar-refractivity contribution in [2.45, 2.75) is 24.8 Å². The predicted octanol–water partition coefficient (Wildman–Crippen LogP) is 3.13. The van der Waals surface area contributed by atoms with E-state index in [1.54, 1.807) is 32.0 Å². The first-order valence-corrected chi connectivity index (χ1v) is 11.1. The SMILES string of the molecule is CC(C)C1C(=O)Nc2cc(C(=O)NO)ccc2N1S(=O)(=O)c1cccc2ccccc12. The third-order valence-electron chi connectivity index (χ3n) is 5.29. The highest BCUT2D eigenvalue weighted by Gasteiger charge is 2.43. The number of hydrogen-bond donors (Lipinski definition) is 3. The number of nitrogens with one attached hydrogen (secondary N) is 2. The van der Waals surface area contributed by atoms with Gasteiger partial charge in [-0.15, -0.1) is 0 Å². The van der Waals surface area contributed by atoms with E-state index in [0.29, 0.717) is 5.39 Å². The highest BCUT2D eigenvalue weighted by atomic mass is 32.2. The van der Waals surface area contributed by atoms with Crippen LogP contribution < -0.4 is 15.1 Å². The fourth-order valence-electron chi connectivity index (χ4n) is 3.88. The van der Waals surface area contributed by atoms with Crippen molar-refractivity contribution < 1.29 is 23.2 Å².